The second kappa shape index (κ2) is 5.41. The molecule has 106 valence electrons. The lowest BCUT2D eigenvalue weighted by Crippen LogP contribution is -2.12. The highest BCUT2D eigenvalue weighted by Crippen LogP contribution is 2.34. The molecule has 3 rings (SSSR count). The van der Waals surface area contributed by atoms with Crippen LogP contribution in [0.3, 0.4) is 0 Å². The summed E-state index contributed by atoms with van der Waals surface area (Å²) in [6.07, 6.45) is 1.88. The van der Waals surface area contributed by atoms with E-state index in [1.165, 1.54) is 25.5 Å². The molecule has 0 saturated carbocycles. The van der Waals surface area contributed by atoms with Gasteiger partial charge in [-0.2, -0.15) is 0 Å². The summed E-state index contributed by atoms with van der Waals surface area (Å²) in [5.74, 6) is 0. The number of aromatic nitrogens is 1. The van der Waals surface area contributed by atoms with Crippen molar-refractivity contribution in [2.75, 3.05) is 0 Å². The van der Waals surface area contributed by atoms with Crippen LogP contribution in [0.25, 0.3) is 22.0 Å². The lowest BCUT2D eigenvalue weighted by atomic mass is 9.82. The fourth-order valence-electron chi connectivity index (χ4n) is 2.64. The van der Waals surface area contributed by atoms with E-state index in [-0.39, 0.29) is 5.41 Å². The van der Waals surface area contributed by atoms with Gasteiger partial charge < -0.3 is 0 Å². The van der Waals surface area contributed by atoms with Crippen molar-refractivity contribution in [1.82, 2.24) is 4.98 Å². The maximum absolute atomic E-state index is 4.53. The Hall–Kier alpha value is -1.42. The van der Waals surface area contributed by atoms with Crippen LogP contribution in [0.4, 0.5) is 0 Å². The van der Waals surface area contributed by atoms with Crippen molar-refractivity contribution in [2.45, 2.75) is 26.2 Å². The molecule has 0 N–H and O–H groups in total. The van der Waals surface area contributed by atoms with Gasteiger partial charge in [0.1, 0.15) is 0 Å². The molecule has 0 fully saturated rings. The Balaban J connectivity index is 2.31. The first-order valence-electron chi connectivity index (χ1n) is 7.10. The second-order valence-corrected chi connectivity index (χ2v) is 7.60. The summed E-state index contributed by atoms with van der Waals surface area (Å²) in [6, 6.07) is 17.3. The molecule has 3 aromatic rings. The first kappa shape index (κ1) is 14.5. The van der Waals surface area contributed by atoms with Crippen molar-refractivity contribution >= 4 is 33.4 Å². The lowest BCUT2D eigenvalue weighted by molar-refractivity contribution is 0.596. The summed E-state index contributed by atoms with van der Waals surface area (Å²) in [7, 11) is 0. The Morgan fingerprint density at radius 2 is 1.71 bits per heavy atom. The van der Waals surface area contributed by atoms with Crippen molar-refractivity contribution < 1.29 is 0 Å². The Labute approximate surface area is 139 Å². The van der Waals surface area contributed by atoms with Crippen LogP contribution in [-0.4, -0.2) is 4.98 Å². The summed E-state index contributed by atoms with van der Waals surface area (Å²) in [4.78, 5) is 4.53. The predicted octanol–water partition coefficient (Wildman–Crippen LogP) is 5.80. The standard InChI is InChI=1S/C19H18IN/c1-19(2,3)17-11-14(18-12-15(20)8-9-21-18)10-13-6-4-5-7-16(13)17/h4-12H,1-3H3. The SMILES string of the molecule is CC(C)(C)c1cc(-c2cc(I)ccn2)cc2ccccc12. The number of nitrogens with zero attached hydrogens (tertiary/aromatic N) is 1. The maximum atomic E-state index is 4.53. The number of benzene rings is 2. The van der Waals surface area contributed by atoms with Crippen LogP contribution >= 0.6 is 22.6 Å². The molecule has 0 saturated heterocycles. The predicted molar refractivity (Wildman–Crippen MR) is 98.6 cm³/mol. The Kier molecular flexibility index (Phi) is 3.74. The van der Waals surface area contributed by atoms with Crippen molar-refractivity contribution in [2.24, 2.45) is 0 Å². The molecular weight excluding hydrogens is 369 g/mol. The highest BCUT2D eigenvalue weighted by Gasteiger charge is 2.18. The number of fused-ring (bicyclic) bond motifs is 1. The largest absolute Gasteiger partial charge is 0.256 e. The average molecular weight is 387 g/mol. The van der Waals surface area contributed by atoms with Gasteiger partial charge in [-0.25, -0.2) is 0 Å². The number of rotatable bonds is 1. The number of hydrogen-bond acceptors (Lipinski definition) is 1. The molecule has 0 aliphatic heterocycles. The van der Waals surface area contributed by atoms with Crippen LogP contribution in [0.2, 0.25) is 0 Å². The summed E-state index contributed by atoms with van der Waals surface area (Å²) in [5.41, 5.74) is 3.71. The molecule has 1 aromatic heterocycles. The molecule has 1 nitrogen and oxygen atoms in total. The van der Waals surface area contributed by atoms with E-state index in [0.717, 1.165) is 5.69 Å². The molecule has 0 spiro atoms. The van der Waals surface area contributed by atoms with Crippen molar-refractivity contribution in [3.8, 4) is 11.3 Å². The summed E-state index contributed by atoms with van der Waals surface area (Å²) in [6.45, 7) is 6.79. The quantitative estimate of drug-likeness (QED) is 0.481. The van der Waals surface area contributed by atoms with Crippen molar-refractivity contribution in [3.63, 3.8) is 0 Å². The van der Waals surface area contributed by atoms with Gasteiger partial charge in [-0.3, -0.25) is 4.98 Å². The number of hydrogen-bond donors (Lipinski definition) is 0. The molecule has 0 atom stereocenters. The van der Waals surface area contributed by atoms with Gasteiger partial charge in [0.15, 0.2) is 0 Å². The first-order valence-corrected chi connectivity index (χ1v) is 8.18. The van der Waals surface area contributed by atoms with Crippen LogP contribution in [-0.2, 0) is 5.41 Å². The Morgan fingerprint density at radius 1 is 0.952 bits per heavy atom. The third kappa shape index (κ3) is 2.95. The highest BCUT2D eigenvalue weighted by molar-refractivity contribution is 14.1. The van der Waals surface area contributed by atoms with E-state index in [1.807, 2.05) is 12.3 Å². The first-order chi connectivity index (χ1) is 9.95. The van der Waals surface area contributed by atoms with E-state index in [2.05, 4.69) is 90.8 Å². The van der Waals surface area contributed by atoms with Gasteiger partial charge in [-0.1, -0.05) is 45.0 Å². The monoisotopic (exact) mass is 387 g/mol. The number of halogens is 1. The van der Waals surface area contributed by atoms with Gasteiger partial charge in [0.05, 0.1) is 5.69 Å². The van der Waals surface area contributed by atoms with Gasteiger partial charge in [-0.15, -0.1) is 0 Å². The molecular formula is C19H18IN. The van der Waals surface area contributed by atoms with Crippen LogP contribution in [0.1, 0.15) is 26.3 Å². The molecule has 0 amide bonds. The highest BCUT2D eigenvalue weighted by atomic mass is 127. The summed E-state index contributed by atoms with van der Waals surface area (Å²) in [5, 5.41) is 2.61. The van der Waals surface area contributed by atoms with Crippen molar-refractivity contribution in [3.05, 3.63) is 63.9 Å². The molecule has 2 heteroatoms. The number of pyridine rings is 1. The Bertz CT molecular complexity index is 800. The fraction of sp³-hybridized carbons (Fsp3) is 0.211. The van der Waals surface area contributed by atoms with Crippen LogP contribution in [0.15, 0.2) is 54.7 Å². The Morgan fingerprint density at radius 3 is 2.43 bits per heavy atom. The molecule has 21 heavy (non-hydrogen) atoms. The van der Waals surface area contributed by atoms with Crippen LogP contribution in [0, 0.1) is 3.57 Å². The molecule has 2 aromatic carbocycles. The van der Waals surface area contributed by atoms with E-state index < -0.39 is 0 Å². The topological polar surface area (TPSA) is 12.9 Å². The molecule has 1 heterocycles. The summed E-state index contributed by atoms with van der Waals surface area (Å²) >= 11 is 2.34. The second-order valence-electron chi connectivity index (χ2n) is 6.35. The zero-order valence-corrected chi connectivity index (χ0v) is 14.7. The average Bonchev–Trinajstić information content (AvgIpc) is 2.45. The van der Waals surface area contributed by atoms with E-state index in [1.54, 1.807) is 0 Å². The smallest absolute Gasteiger partial charge is 0.0712 e. The fourth-order valence-corrected chi connectivity index (χ4v) is 3.10. The van der Waals surface area contributed by atoms with E-state index in [9.17, 15) is 0 Å². The van der Waals surface area contributed by atoms with Gasteiger partial charge in [0.25, 0.3) is 0 Å². The molecule has 0 radical (unpaired) electrons. The molecule has 0 aliphatic carbocycles. The zero-order valence-electron chi connectivity index (χ0n) is 12.5. The van der Waals surface area contributed by atoms with Gasteiger partial charge >= 0.3 is 0 Å². The third-order valence-electron chi connectivity index (χ3n) is 3.69. The zero-order chi connectivity index (χ0) is 15.0. The molecule has 0 aliphatic rings. The molecule has 0 bridgehead atoms. The van der Waals surface area contributed by atoms with E-state index >= 15 is 0 Å². The van der Waals surface area contributed by atoms with E-state index in [0.29, 0.717) is 0 Å². The minimum Gasteiger partial charge on any atom is -0.256 e. The van der Waals surface area contributed by atoms with E-state index in [4.69, 9.17) is 0 Å². The van der Waals surface area contributed by atoms with Crippen molar-refractivity contribution in [1.29, 1.82) is 0 Å². The van der Waals surface area contributed by atoms with Gasteiger partial charge in [-0.05, 0) is 68.6 Å². The normalized spacial score (nSPS) is 11.8. The third-order valence-corrected chi connectivity index (χ3v) is 4.36. The van der Waals surface area contributed by atoms with Crippen LogP contribution < -0.4 is 0 Å². The lowest BCUT2D eigenvalue weighted by Gasteiger charge is -2.22. The molecule has 0 unspecified atom stereocenters. The maximum Gasteiger partial charge on any atom is 0.0712 e. The minimum absolute atomic E-state index is 0.109. The van der Waals surface area contributed by atoms with Crippen LogP contribution in [0.5, 0.6) is 0 Å². The van der Waals surface area contributed by atoms with Gasteiger partial charge in [0.2, 0.25) is 0 Å². The van der Waals surface area contributed by atoms with Gasteiger partial charge in [0, 0.05) is 15.3 Å². The minimum atomic E-state index is 0.109. The summed E-state index contributed by atoms with van der Waals surface area (Å²) < 4.78 is 1.21.